The molecule has 0 amide bonds. The van der Waals surface area contributed by atoms with Gasteiger partial charge in [-0.05, 0) is 43.0 Å². The Bertz CT molecular complexity index is 480. The zero-order valence-corrected chi connectivity index (χ0v) is 13.3. The van der Waals surface area contributed by atoms with Gasteiger partial charge >= 0.3 is 0 Å². The zero-order chi connectivity index (χ0) is 14.8. The quantitative estimate of drug-likeness (QED) is 0.479. The molecule has 0 fully saturated rings. The summed E-state index contributed by atoms with van der Waals surface area (Å²) in [4.78, 5) is 0. The first-order valence-electron chi connectivity index (χ1n) is 6.91. The fourth-order valence-corrected chi connectivity index (χ4v) is 1.39. The van der Waals surface area contributed by atoms with E-state index in [4.69, 9.17) is 0 Å². The summed E-state index contributed by atoms with van der Waals surface area (Å²) in [5, 5.41) is 2.68. The maximum atomic E-state index is 3.56. The van der Waals surface area contributed by atoms with E-state index in [9.17, 15) is 0 Å². The van der Waals surface area contributed by atoms with Gasteiger partial charge in [0.25, 0.3) is 0 Å². The molecule has 0 saturated carbocycles. The molecule has 2 aromatic rings. The van der Waals surface area contributed by atoms with Crippen LogP contribution in [0.2, 0.25) is 0 Å². The van der Waals surface area contributed by atoms with Crippen LogP contribution in [-0.2, 0) is 0 Å². The molecule has 0 saturated heterocycles. The number of fused-ring (bicyclic) bond motifs is 1. The lowest BCUT2D eigenvalue weighted by atomic mass is 10.1. The Kier molecular flexibility index (Phi) is 8.61. The summed E-state index contributed by atoms with van der Waals surface area (Å²) < 4.78 is 0. The van der Waals surface area contributed by atoms with Gasteiger partial charge in [0.1, 0.15) is 0 Å². The van der Waals surface area contributed by atoms with Gasteiger partial charge in [0.05, 0.1) is 0 Å². The van der Waals surface area contributed by atoms with Gasteiger partial charge in [-0.2, -0.15) is 0 Å². The number of rotatable bonds is 0. The van der Waals surface area contributed by atoms with Crippen molar-refractivity contribution >= 4 is 10.8 Å². The SMILES string of the molecule is C=C(C)C.CC(C)C.Cc1cccc2ccccc12. The maximum absolute atomic E-state index is 3.56. The summed E-state index contributed by atoms with van der Waals surface area (Å²) in [6, 6.07) is 14.8. The molecule has 0 spiro atoms. The molecular weight excluding hydrogens is 228 g/mol. The molecular formula is C19H28. The van der Waals surface area contributed by atoms with Crippen LogP contribution in [0.25, 0.3) is 10.8 Å². The Balaban J connectivity index is 0.000000342. The van der Waals surface area contributed by atoms with Crippen LogP contribution in [-0.4, -0.2) is 0 Å². The molecule has 0 N–H and O–H groups in total. The maximum Gasteiger partial charge on any atom is -0.0155 e. The monoisotopic (exact) mass is 256 g/mol. The molecule has 19 heavy (non-hydrogen) atoms. The first-order chi connectivity index (χ1) is 8.84. The molecule has 0 unspecified atom stereocenters. The number of aryl methyl sites for hydroxylation is 1. The minimum absolute atomic E-state index is 0.833. The third kappa shape index (κ3) is 9.07. The van der Waals surface area contributed by atoms with Gasteiger partial charge in [-0.25, -0.2) is 0 Å². The zero-order valence-electron chi connectivity index (χ0n) is 13.3. The summed E-state index contributed by atoms with van der Waals surface area (Å²) in [6.07, 6.45) is 0. The smallest absolute Gasteiger partial charge is 0.0155 e. The molecule has 0 aliphatic heterocycles. The third-order valence-electron chi connectivity index (χ3n) is 2.01. The minimum Gasteiger partial charge on any atom is -0.100 e. The van der Waals surface area contributed by atoms with E-state index in [0.29, 0.717) is 0 Å². The lowest BCUT2D eigenvalue weighted by molar-refractivity contribution is 0.737. The lowest BCUT2D eigenvalue weighted by Crippen LogP contribution is -1.75. The molecule has 0 nitrogen and oxygen atoms in total. The van der Waals surface area contributed by atoms with Gasteiger partial charge in [-0.15, -0.1) is 6.58 Å². The second-order valence-electron chi connectivity index (χ2n) is 5.74. The topological polar surface area (TPSA) is 0 Å². The highest BCUT2D eigenvalue weighted by Gasteiger charge is 1.92. The molecule has 2 aromatic carbocycles. The van der Waals surface area contributed by atoms with E-state index in [1.807, 2.05) is 13.8 Å². The third-order valence-corrected chi connectivity index (χ3v) is 2.01. The molecule has 0 aliphatic carbocycles. The van der Waals surface area contributed by atoms with Gasteiger partial charge in [-0.3, -0.25) is 0 Å². The number of allylic oxidation sites excluding steroid dienone is 1. The minimum atomic E-state index is 0.833. The standard InChI is InChI=1S/C11H10.C4H10.C4H8/c1-9-5-4-7-10-6-2-3-8-11(9)10;2*1-4(2)3/h2-8H,1H3;4H,1-3H3;1H2,2-3H3. The molecule has 2 rings (SSSR count). The summed E-state index contributed by atoms with van der Waals surface area (Å²) in [7, 11) is 0. The summed E-state index contributed by atoms with van der Waals surface area (Å²) >= 11 is 0. The summed E-state index contributed by atoms with van der Waals surface area (Å²) in [6.45, 7) is 16.1. The molecule has 0 atom stereocenters. The van der Waals surface area contributed by atoms with Crippen molar-refractivity contribution in [2.45, 2.75) is 41.5 Å². The van der Waals surface area contributed by atoms with Crippen molar-refractivity contribution in [3.63, 3.8) is 0 Å². The van der Waals surface area contributed by atoms with Gasteiger partial charge in [0, 0.05) is 0 Å². The van der Waals surface area contributed by atoms with Crippen LogP contribution >= 0.6 is 0 Å². The van der Waals surface area contributed by atoms with Crippen molar-refractivity contribution in [3.8, 4) is 0 Å². The summed E-state index contributed by atoms with van der Waals surface area (Å²) in [5.41, 5.74) is 2.52. The molecule has 0 heterocycles. The van der Waals surface area contributed by atoms with E-state index in [-0.39, 0.29) is 0 Å². The van der Waals surface area contributed by atoms with Crippen molar-refractivity contribution in [1.82, 2.24) is 0 Å². The molecule has 0 radical (unpaired) electrons. The fraction of sp³-hybridized carbons (Fsp3) is 0.368. The normalized spacial score (nSPS) is 9.21. The van der Waals surface area contributed by atoms with Gasteiger partial charge in [-0.1, -0.05) is 68.8 Å². The Morgan fingerprint density at radius 2 is 1.32 bits per heavy atom. The number of benzene rings is 2. The number of hydrogen-bond donors (Lipinski definition) is 0. The van der Waals surface area contributed by atoms with Crippen molar-refractivity contribution in [1.29, 1.82) is 0 Å². The van der Waals surface area contributed by atoms with Crippen molar-refractivity contribution in [2.24, 2.45) is 5.92 Å². The van der Waals surface area contributed by atoms with Gasteiger partial charge in [0.2, 0.25) is 0 Å². The van der Waals surface area contributed by atoms with Crippen LogP contribution in [0.15, 0.2) is 54.6 Å². The van der Waals surface area contributed by atoms with Crippen LogP contribution in [0.3, 0.4) is 0 Å². The first kappa shape index (κ1) is 17.4. The average Bonchev–Trinajstić information content (AvgIpc) is 2.28. The van der Waals surface area contributed by atoms with Crippen LogP contribution in [0, 0.1) is 12.8 Å². The first-order valence-corrected chi connectivity index (χ1v) is 6.91. The predicted molar refractivity (Wildman–Crippen MR) is 89.7 cm³/mol. The fourth-order valence-electron chi connectivity index (χ4n) is 1.39. The highest BCUT2D eigenvalue weighted by Crippen LogP contribution is 2.16. The van der Waals surface area contributed by atoms with Crippen LogP contribution in [0.5, 0.6) is 0 Å². The van der Waals surface area contributed by atoms with Gasteiger partial charge in [0.15, 0.2) is 0 Å². The van der Waals surface area contributed by atoms with Crippen LogP contribution in [0.1, 0.15) is 40.2 Å². The van der Waals surface area contributed by atoms with E-state index >= 15 is 0 Å². The highest BCUT2D eigenvalue weighted by molar-refractivity contribution is 5.85. The molecule has 104 valence electrons. The summed E-state index contributed by atoms with van der Waals surface area (Å²) in [5.74, 6) is 0.833. The Labute approximate surface area is 119 Å². The van der Waals surface area contributed by atoms with E-state index in [1.165, 1.54) is 21.9 Å². The van der Waals surface area contributed by atoms with E-state index < -0.39 is 0 Å². The highest BCUT2D eigenvalue weighted by atomic mass is 14.0. The van der Waals surface area contributed by atoms with E-state index in [1.54, 1.807) is 0 Å². The number of hydrogen-bond acceptors (Lipinski definition) is 0. The Hall–Kier alpha value is -1.56. The second kappa shape index (κ2) is 9.38. The van der Waals surface area contributed by atoms with Crippen LogP contribution < -0.4 is 0 Å². The molecule has 0 aliphatic rings. The Morgan fingerprint density at radius 3 is 1.79 bits per heavy atom. The van der Waals surface area contributed by atoms with E-state index in [0.717, 1.165) is 5.92 Å². The Morgan fingerprint density at radius 1 is 0.895 bits per heavy atom. The van der Waals surface area contributed by atoms with Crippen molar-refractivity contribution in [2.75, 3.05) is 0 Å². The lowest BCUT2D eigenvalue weighted by Gasteiger charge is -1.98. The van der Waals surface area contributed by atoms with Crippen molar-refractivity contribution < 1.29 is 0 Å². The van der Waals surface area contributed by atoms with E-state index in [2.05, 4.69) is 76.7 Å². The van der Waals surface area contributed by atoms with Crippen molar-refractivity contribution in [3.05, 3.63) is 60.2 Å². The molecule has 0 aromatic heterocycles. The molecule has 0 bridgehead atoms. The van der Waals surface area contributed by atoms with Crippen LogP contribution in [0.4, 0.5) is 0 Å². The molecule has 0 heteroatoms. The predicted octanol–water partition coefficient (Wildman–Crippen LogP) is 6.39. The average molecular weight is 256 g/mol. The second-order valence-corrected chi connectivity index (χ2v) is 5.74. The van der Waals surface area contributed by atoms with Gasteiger partial charge < -0.3 is 0 Å². The largest absolute Gasteiger partial charge is 0.100 e.